The van der Waals surface area contributed by atoms with Crippen LogP contribution in [0.15, 0.2) is 23.7 Å². The van der Waals surface area contributed by atoms with E-state index in [1.54, 1.807) is 17.5 Å². The lowest BCUT2D eigenvalue weighted by molar-refractivity contribution is -0.149. The summed E-state index contributed by atoms with van der Waals surface area (Å²) in [7, 11) is 0. The molecule has 5 nitrogen and oxygen atoms in total. The number of hydrogen-bond donors (Lipinski definition) is 2. The van der Waals surface area contributed by atoms with Gasteiger partial charge in [0.2, 0.25) is 0 Å². The molecule has 100 valence electrons. The zero-order chi connectivity index (χ0) is 13.2. The first-order valence-corrected chi connectivity index (χ1v) is 7.06. The van der Waals surface area contributed by atoms with Crippen LogP contribution in [-0.2, 0) is 9.53 Å². The fourth-order valence-corrected chi connectivity index (χ4v) is 3.07. The van der Waals surface area contributed by atoms with Crippen LogP contribution in [0.4, 0.5) is 5.82 Å². The van der Waals surface area contributed by atoms with Crippen LogP contribution in [0.1, 0.15) is 12.8 Å². The van der Waals surface area contributed by atoms with Crippen molar-refractivity contribution in [2.24, 2.45) is 0 Å². The number of anilines is 1. The van der Waals surface area contributed by atoms with E-state index in [0.29, 0.717) is 13.0 Å². The topological polar surface area (TPSA) is 71.5 Å². The van der Waals surface area contributed by atoms with Crippen LogP contribution in [0.3, 0.4) is 0 Å². The van der Waals surface area contributed by atoms with Gasteiger partial charge in [-0.15, -0.1) is 11.3 Å². The van der Waals surface area contributed by atoms with E-state index in [1.165, 1.54) is 4.70 Å². The third kappa shape index (κ3) is 2.54. The second-order valence-electron chi connectivity index (χ2n) is 4.54. The highest BCUT2D eigenvalue weighted by Gasteiger charge is 2.30. The minimum Gasteiger partial charge on any atom is -0.479 e. The summed E-state index contributed by atoms with van der Waals surface area (Å²) in [6.45, 7) is 0.589. The number of hydrogen-bond acceptors (Lipinski definition) is 5. The number of pyridine rings is 1. The summed E-state index contributed by atoms with van der Waals surface area (Å²) in [4.78, 5) is 15.1. The van der Waals surface area contributed by atoms with Gasteiger partial charge in [-0.1, -0.05) is 0 Å². The third-order valence-corrected chi connectivity index (χ3v) is 4.14. The van der Waals surface area contributed by atoms with E-state index in [0.717, 1.165) is 17.6 Å². The van der Waals surface area contributed by atoms with Crippen molar-refractivity contribution in [1.29, 1.82) is 0 Å². The minimum atomic E-state index is -0.874. The SMILES string of the molecule is O=C(O)C1CCC(CNc2nccc3sccc23)O1. The monoisotopic (exact) mass is 278 g/mol. The van der Waals surface area contributed by atoms with Crippen molar-refractivity contribution in [1.82, 2.24) is 4.98 Å². The van der Waals surface area contributed by atoms with Crippen molar-refractivity contribution in [3.05, 3.63) is 23.7 Å². The first-order valence-electron chi connectivity index (χ1n) is 6.18. The molecule has 2 unspecified atom stereocenters. The number of carbonyl (C=O) groups is 1. The molecule has 3 heterocycles. The van der Waals surface area contributed by atoms with Crippen molar-refractivity contribution in [2.45, 2.75) is 25.0 Å². The highest BCUT2D eigenvalue weighted by Crippen LogP contribution is 2.26. The average Bonchev–Trinajstić information content (AvgIpc) is 3.05. The van der Waals surface area contributed by atoms with Crippen LogP contribution in [0.5, 0.6) is 0 Å². The number of carboxylic acids is 1. The molecule has 0 amide bonds. The normalized spacial score (nSPS) is 22.7. The van der Waals surface area contributed by atoms with Gasteiger partial charge in [0.1, 0.15) is 5.82 Å². The van der Waals surface area contributed by atoms with Gasteiger partial charge in [-0.3, -0.25) is 0 Å². The fourth-order valence-electron chi connectivity index (χ4n) is 2.28. The van der Waals surface area contributed by atoms with Gasteiger partial charge in [0.15, 0.2) is 6.10 Å². The molecular weight excluding hydrogens is 264 g/mol. The van der Waals surface area contributed by atoms with E-state index in [4.69, 9.17) is 9.84 Å². The summed E-state index contributed by atoms with van der Waals surface area (Å²) in [6.07, 6.45) is 2.41. The lowest BCUT2D eigenvalue weighted by Crippen LogP contribution is -2.24. The zero-order valence-electron chi connectivity index (χ0n) is 10.2. The third-order valence-electron chi connectivity index (χ3n) is 3.26. The highest BCUT2D eigenvalue weighted by atomic mass is 32.1. The molecule has 2 aromatic heterocycles. The molecule has 1 fully saturated rings. The number of thiophene rings is 1. The molecule has 1 aliphatic rings. The van der Waals surface area contributed by atoms with Gasteiger partial charge in [0.25, 0.3) is 0 Å². The van der Waals surface area contributed by atoms with Gasteiger partial charge >= 0.3 is 5.97 Å². The van der Waals surface area contributed by atoms with Crippen molar-refractivity contribution >= 4 is 33.2 Å². The van der Waals surface area contributed by atoms with Crippen LogP contribution in [0.25, 0.3) is 10.1 Å². The zero-order valence-corrected chi connectivity index (χ0v) is 11.0. The molecule has 1 aliphatic heterocycles. The standard InChI is InChI=1S/C13H14N2O3S/c16-13(17)10-2-1-8(18-10)7-15-12-9-4-6-19-11(9)3-5-14-12/h3-6,8,10H,1-2,7H2,(H,14,15)(H,16,17). The van der Waals surface area contributed by atoms with Crippen molar-refractivity contribution in [3.8, 4) is 0 Å². The largest absolute Gasteiger partial charge is 0.479 e. The number of rotatable bonds is 4. The molecule has 2 atom stereocenters. The summed E-state index contributed by atoms with van der Waals surface area (Å²) in [6, 6.07) is 4.02. The molecule has 2 N–H and O–H groups in total. The highest BCUT2D eigenvalue weighted by molar-refractivity contribution is 7.17. The fraction of sp³-hybridized carbons (Fsp3) is 0.385. The Morgan fingerprint density at radius 2 is 2.42 bits per heavy atom. The van der Waals surface area contributed by atoms with Crippen LogP contribution in [0.2, 0.25) is 0 Å². The Morgan fingerprint density at radius 1 is 1.53 bits per heavy atom. The maximum Gasteiger partial charge on any atom is 0.332 e. The summed E-state index contributed by atoms with van der Waals surface area (Å²) >= 11 is 1.67. The predicted octanol–water partition coefficient (Wildman–Crippen LogP) is 2.34. The number of aromatic nitrogens is 1. The molecule has 0 radical (unpaired) electrons. The second kappa shape index (κ2) is 5.14. The molecule has 1 saturated heterocycles. The van der Waals surface area contributed by atoms with Gasteiger partial charge in [-0.25, -0.2) is 9.78 Å². The molecule has 3 rings (SSSR count). The molecular formula is C13H14N2O3S. The number of fused-ring (bicyclic) bond motifs is 1. The Labute approximate surface area is 114 Å². The lowest BCUT2D eigenvalue weighted by Gasteiger charge is -2.13. The Morgan fingerprint density at radius 3 is 3.21 bits per heavy atom. The summed E-state index contributed by atoms with van der Waals surface area (Å²) in [5, 5.41) is 15.3. The number of ether oxygens (including phenoxy) is 1. The van der Waals surface area contributed by atoms with E-state index < -0.39 is 12.1 Å². The van der Waals surface area contributed by atoms with Crippen molar-refractivity contribution < 1.29 is 14.6 Å². The number of aliphatic carboxylic acids is 1. The Kier molecular flexibility index (Phi) is 3.35. The van der Waals surface area contributed by atoms with E-state index in [-0.39, 0.29) is 6.10 Å². The minimum absolute atomic E-state index is 0.0585. The van der Waals surface area contributed by atoms with Crippen LogP contribution < -0.4 is 5.32 Å². The molecule has 0 bridgehead atoms. The summed E-state index contributed by atoms with van der Waals surface area (Å²) < 4.78 is 6.64. The van der Waals surface area contributed by atoms with Gasteiger partial charge in [0, 0.05) is 22.8 Å². The van der Waals surface area contributed by atoms with Gasteiger partial charge in [0.05, 0.1) is 6.10 Å². The summed E-state index contributed by atoms with van der Waals surface area (Å²) in [5.41, 5.74) is 0. The smallest absolute Gasteiger partial charge is 0.332 e. The molecule has 19 heavy (non-hydrogen) atoms. The van der Waals surface area contributed by atoms with Gasteiger partial charge in [-0.2, -0.15) is 0 Å². The molecule has 2 aromatic rings. The van der Waals surface area contributed by atoms with E-state index >= 15 is 0 Å². The van der Waals surface area contributed by atoms with Crippen LogP contribution >= 0.6 is 11.3 Å². The molecule has 6 heteroatoms. The van der Waals surface area contributed by atoms with Crippen LogP contribution in [-0.4, -0.2) is 34.8 Å². The van der Waals surface area contributed by atoms with Gasteiger partial charge in [-0.05, 0) is 30.4 Å². The predicted molar refractivity (Wildman–Crippen MR) is 73.6 cm³/mol. The number of nitrogens with zero attached hydrogens (tertiary/aromatic N) is 1. The lowest BCUT2D eigenvalue weighted by atomic mass is 10.2. The number of nitrogens with one attached hydrogen (secondary N) is 1. The van der Waals surface area contributed by atoms with Gasteiger partial charge < -0.3 is 15.2 Å². The van der Waals surface area contributed by atoms with E-state index in [1.807, 2.05) is 17.5 Å². The average molecular weight is 278 g/mol. The van der Waals surface area contributed by atoms with Crippen LogP contribution in [0, 0.1) is 0 Å². The van der Waals surface area contributed by atoms with E-state index in [2.05, 4.69) is 10.3 Å². The molecule has 0 aliphatic carbocycles. The van der Waals surface area contributed by atoms with E-state index in [9.17, 15) is 4.79 Å². The maximum absolute atomic E-state index is 10.8. The number of carboxylic acid groups (broad SMARTS) is 1. The second-order valence-corrected chi connectivity index (χ2v) is 5.48. The maximum atomic E-state index is 10.8. The Balaban J connectivity index is 1.64. The summed E-state index contributed by atoms with van der Waals surface area (Å²) in [5.74, 6) is -0.0401. The first kappa shape index (κ1) is 12.4. The first-order chi connectivity index (χ1) is 9.24. The molecule has 0 saturated carbocycles. The Bertz CT molecular complexity index is 598. The molecule has 0 aromatic carbocycles. The van der Waals surface area contributed by atoms with Crippen molar-refractivity contribution in [3.63, 3.8) is 0 Å². The van der Waals surface area contributed by atoms with Crippen molar-refractivity contribution in [2.75, 3.05) is 11.9 Å². The Hall–Kier alpha value is -1.66. The molecule has 0 spiro atoms. The quantitative estimate of drug-likeness (QED) is 0.898.